The molecular weight excluding hydrogens is 564 g/mol. The summed E-state index contributed by atoms with van der Waals surface area (Å²) in [4.78, 5) is 33.7. The lowest BCUT2D eigenvalue weighted by molar-refractivity contribution is -0.281. The number of phosphoric ester groups is 2. The summed E-state index contributed by atoms with van der Waals surface area (Å²) in [7, 11) is -11.3. The van der Waals surface area contributed by atoms with Crippen molar-refractivity contribution < 1.29 is 72.4 Å². The van der Waals surface area contributed by atoms with Gasteiger partial charge in [0, 0.05) is 0 Å². The first-order valence-electron chi connectivity index (χ1n) is 10.7. The molecule has 2 aromatic heterocycles. The molecule has 214 valence electrons. The number of anilines is 1. The smallest absolute Gasteiger partial charge is 0.481 e. The molecule has 4 unspecified atom stereocenters. The average molecular weight is 588 g/mol. The highest BCUT2D eigenvalue weighted by Crippen LogP contribution is 2.59. The number of phosphoric acid groups is 2. The Labute approximate surface area is 212 Å². The molecule has 0 radical (unpaired) electrons. The minimum atomic E-state index is -5.69. The fourth-order valence-corrected chi connectivity index (χ4v) is 5.89. The molecule has 2 saturated heterocycles. The Kier molecular flexibility index (Phi) is 8.51. The van der Waals surface area contributed by atoms with Crippen molar-refractivity contribution in [1.82, 2.24) is 19.5 Å². The van der Waals surface area contributed by atoms with Crippen LogP contribution in [-0.2, 0) is 32.0 Å². The predicted octanol–water partition coefficient (Wildman–Crippen LogP) is -4.55. The van der Waals surface area contributed by atoms with Crippen molar-refractivity contribution >= 4 is 32.6 Å². The van der Waals surface area contributed by atoms with Gasteiger partial charge in [0.2, 0.25) is 0 Å². The first-order valence-corrected chi connectivity index (χ1v) is 13.6. The summed E-state index contributed by atoms with van der Waals surface area (Å²) in [5, 5.41) is 59.2. The second kappa shape index (κ2) is 11.0. The van der Waals surface area contributed by atoms with E-state index in [0.29, 0.717) is 0 Å². The van der Waals surface area contributed by atoms with Crippen LogP contribution in [0.1, 0.15) is 6.23 Å². The van der Waals surface area contributed by atoms with Crippen LogP contribution in [0.4, 0.5) is 5.82 Å². The molecule has 0 amide bonds. The highest BCUT2D eigenvalue weighted by Gasteiger charge is 2.48. The number of nitrogens with zero attached hydrogens (tertiary/aromatic N) is 4. The molecule has 2 aromatic rings. The second-order valence-corrected chi connectivity index (χ2v) is 11.2. The number of hydrogen-bond donors (Lipinski definition) is 8. The average Bonchev–Trinajstić information content (AvgIpc) is 3.39. The van der Waals surface area contributed by atoms with Crippen molar-refractivity contribution in [2.24, 2.45) is 0 Å². The first-order chi connectivity index (χ1) is 17.7. The molecule has 2 fully saturated rings. The van der Waals surface area contributed by atoms with Gasteiger partial charge in [0.1, 0.15) is 54.6 Å². The highest BCUT2D eigenvalue weighted by molar-refractivity contribution is 7.60. The zero-order valence-corrected chi connectivity index (χ0v) is 20.7. The quantitative estimate of drug-likeness (QED) is 0.128. The van der Waals surface area contributed by atoms with Gasteiger partial charge in [-0.15, -0.1) is 0 Å². The Morgan fingerprint density at radius 3 is 2.37 bits per heavy atom. The molecule has 0 spiro atoms. The van der Waals surface area contributed by atoms with Crippen LogP contribution in [0, 0.1) is 0 Å². The van der Waals surface area contributed by atoms with Crippen LogP contribution in [0.25, 0.3) is 11.2 Å². The van der Waals surface area contributed by atoms with Crippen molar-refractivity contribution in [2.45, 2.75) is 55.2 Å². The van der Waals surface area contributed by atoms with E-state index in [9.17, 15) is 44.4 Å². The Bertz CT molecular complexity index is 1230. The third kappa shape index (κ3) is 5.89. The Balaban J connectivity index is 1.38. The van der Waals surface area contributed by atoms with Crippen LogP contribution in [0.2, 0.25) is 0 Å². The number of aromatic nitrogens is 4. The van der Waals surface area contributed by atoms with Gasteiger partial charge in [-0.3, -0.25) is 13.7 Å². The van der Waals surface area contributed by atoms with E-state index in [-0.39, 0.29) is 17.0 Å². The van der Waals surface area contributed by atoms with Gasteiger partial charge in [-0.25, -0.2) is 23.8 Å². The number of nitrogen functional groups attached to an aromatic ring is 1. The standard InChI is InChI=1S/C16H25N5O15P2/c17-13-7-14(19-3-18-13)21(4-20-7)15-11(26)9(24)6(33-15)2-32-37(28,29)36-38(30,31)35-16-12(27)10(25)8(23)5(1-22)34-16/h3-6,8-12,15-16,22-27H,1-2H2,(H,28,29)(H,30,31)(H2,17,18,19)/p-1/t5?,6-,8-,9-,10?,11-,12+,15-,16+/m1/s1. The Morgan fingerprint density at radius 2 is 1.68 bits per heavy atom. The van der Waals surface area contributed by atoms with Crippen LogP contribution in [-0.4, -0.2) is 117 Å². The summed E-state index contributed by atoms with van der Waals surface area (Å²) >= 11 is 0. The maximum atomic E-state index is 12.2. The largest absolute Gasteiger partial charge is 0.756 e. The van der Waals surface area contributed by atoms with E-state index in [1.165, 1.54) is 10.9 Å². The van der Waals surface area contributed by atoms with Crippen LogP contribution < -0.4 is 10.6 Å². The summed E-state index contributed by atoms with van der Waals surface area (Å²) in [6, 6.07) is 0. The van der Waals surface area contributed by atoms with Gasteiger partial charge in [-0.05, 0) is 0 Å². The minimum absolute atomic E-state index is 0.0328. The van der Waals surface area contributed by atoms with Gasteiger partial charge in [-0.2, -0.15) is 0 Å². The molecule has 2 aliphatic rings. The molecule has 20 nitrogen and oxygen atoms in total. The van der Waals surface area contributed by atoms with E-state index in [1.807, 2.05) is 0 Å². The van der Waals surface area contributed by atoms with Crippen molar-refractivity contribution in [3.05, 3.63) is 12.7 Å². The zero-order valence-electron chi connectivity index (χ0n) is 18.9. The van der Waals surface area contributed by atoms with Crippen molar-refractivity contribution in [3.8, 4) is 0 Å². The Hall–Kier alpha value is -1.71. The van der Waals surface area contributed by atoms with Crippen molar-refractivity contribution in [3.63, 3.8) is 0 Å². The molecule has 0 aromatic carbocycles. The van der Waals surface area contributed by atoms with Gasteiger partial charge >= 0.3 is 7.82 Å². The summed E-state index contributed by atoms with van der Waals surface area (Å²) < 4.78 is 48.9. The molecule has 0 aliphatic carbocycles. The van der Waals surface area contributed by atoms with Gasteiger partial charge in [0.15, 0.2) is 24.0 Å². The predicted molar refractivity (Wildman–Crippen MR) is 115 cm³/mol. The molecule has 38 heavy (non-hydrogen) atoms. The van der Waals surface area contributed by atoms with E-state index >= 15 is 0 Å². The zero-order chi connectivity index (χ0) is 28.0. The number of hydrogen-bond acceptors (Lipinski definition) is 18. The van der Waals surface area contributed by atoms with Gasteiger partial charge < -0.3 is 60.2 Å². The van der Waals surface area contributed by atoms with Gasteiger partial charge in [0.25, 0.3) is 7.82 Å². The number of ether oxygens (including phenoxy) is 2. The van der Waals surface area contributed by atoms with Crippen LogP contribution in [0.5, 0.6) is 0 Å². The molecule has 11 atom stereocenters. The molecule has 9 N–H and O–H groups in total. The number of fused-ring (bicyclic) bond motifs is 1. The molecule has 22 heteroatoms. The maximum absolute atomic E-state index is 12.2. The van der Waals surface area contributed by atoms with Crippen LogP contribution in [0.15, 0.2) is 12.7 Å². The second-order valence-electron chi connectivity index (χ2n) is 8.23. The molecular formula is C16H24N5O15P2-. The molecule has 4 rings (SSSR count). The number of aliphatic hydroxyl groups is 6. The van der Waals surface area contributed by atoms with E-state index in [4.69, 9.17) is 20.3 Å². The fraction of sp³-hybridized carbons (Fsp3) is 0.688. The van der Waals surface area contributed by atoms with E-state index in [2.05, 4.69) is 28.3 Å². The van der Waals surface area contributed by atoms with Crippen LogP contribution in [0.3, 0.4) is 0 Å². The van der Waals surface area contributed by atoms with Gasteiger partial charge in [-0.1, -0.05) is 0 Å². The normalized spacial score (nSPS) is 37.2. The lowest BCUT2D eigenvalue weighted by Crippen LogP contribution is -2.58. The lowest BCUT2D eigenvalue weighted by atomic mass is 10.00. The van der Waals surface area contributed by atoms with Gasteiger partial charge in [0.05, 0.1) is 19.5 Å². The molecule has 2 aliphatic heterocycles. The molecule has 4 heterocycles. The monoisotopic (exact) mass is 588 g/mol. The third-order valence-corrected chi connectivity index (χ3v) is 8.25. The van der Waals surface area contributed by atoms with Crippen molar-refractivity contribution in [1.29, 1.82) is 0 Å². The van der Waals surface area contributed by atoms with E-state index in [0.717, 1.165) is 6.33 Å². The molecule has 0 bridgehead atoms. The minimum Gasteiger partial charge on any atom is -0.756 e. The maximum Gasteiger partial charge on any atom is 0.481 e. The number of nitrogens with two attached hydrogens (primary N) is 1. The number of imidazole rings is 1. The SMILES string of the molecule is Nc1ncnc2c1ncn2[C@@H]1O[C@H](COP(=O)([O-])OP(=O)(O)O[C@@H]2OC(CO)[C@@H](O)C(O)[C@@H]2O)[C@@H](O)[C@H]1O. The third-order valence-electron chi connectivity index (χ3n) is 5.68. The fourth-order valence-electron chi connectivity index (χ4n) is 3.77. The number of rotatable bonds is 9. The summed E-state index contributed by atoms with van der Waals surface area (Å²) in [6.45, 7) is -1.89. The van der Waals surface area contributed by atoms with E-state index in [1.54, 1.807) is 0 Å². The topological polar surface area (TPSA) is 315 Å². The van der Waals surface area contributed by atoms with E-state index < -0.39 is 84.1 Å². The molecule has 0 saturated carbocycles. The first kappa shape index (κ1) is 29.3. The summed E-state index contributed by atoms with van der Waals surface area (Å²) in [5.41, 5.74) is 6.02. The summed E-state index contributed by atoms with van der Waals surface area (Å²) in [5.74, 6) is 0.0328. The highest BCUT2D eigenvalue weighted by atomic mass is 31.3. The van der Waals surface area contributed by atoms with Crippen molar-refractivity contribution in [2.75, 3.05) is 18.9 Å². The Morgan fingerprint density at radius 1 is 1.00 bits per heavy atom. The lowest BCUT2D eigenvalue weighted by Gasteiger charge is -2.39. The van der Waals surface area contributed by atoms with Crippen LogP contribution >= 0.6 is 15.6 Å². The number of aliphatic hydroxyl groups excluding tert-OH is 6. The summed E-state index contributed by atoms with van der Waals surface area (Å²) in [6.07, 6.45) is -13.5.